The lowest BCUT2D eigenvalue weighted by atomic mass is 9.99. The monoisotopic (exact) mass is 283 g/mol. The van der Waals surface area contributed by atoms with Crippen LogP contribution in [0.4, 0.5) is 0 Å². The Kier molecular flexibility index (Phi) is 5.82. The topological polar surface area (TPSA) is 21.3 Å². The Hall–Kier alpha value is -1.80. The van der Waals surface area contributed by atoms with Crippen LogP contribution in [0, 0.1) is 5.92 Å². The summed E-state index contributed by atoms with van der Waals surface area (Å²) in [7, 11) is 1.97. The smallest absolute Gasteiger partial charge is 0.119 e. The molecule has 0 aliphatic carbocycles. The molecule has 0 spiro atoms. The summed E-state index contributed by atoms with van der Waals surface area (Å²) >= 11 is 0. The number of hydrogen-bond donors (Lipinski definition) is 1. The number of hydrogen-bond acceptors (Lipinski definition) is 2. The Bertz CT molecular complexity index is 519. The molecule has 112 valence electrons. The van der Waals surface area contributed by atoms with E-state index in [1.807, 2.05) is 37.4 Å². The van der Waals surface area contributed by atoms with E-state index in [2.05, 4.69) is 43.4 Å². The number of rotatable bonds is 7. The average molecular weight is 283 g/mol. The molecule has 0 amide bonds. The first-order valence-corrected chi connectivity index (χ1v) is 7.63. The minimum absolute atomic E-state index is 0.207. The van der Waals surface area contributed by atoms with Crippen LogP contribution in [-0.2, 0) is 6.42 Å². The third-order valence-electron chi connectivity index (χ3n) is 3.53. The number of benzene rings is 2. The molecule has 0 heterocycles. The van der Waals surface area contributed by atoms with Crippen molar-refractivity contribution in [2.75, 3.05) is 13.7 Å². The van der Waals surface area contributed by atoms with Crippen LogP contribution in [0.25, 0.3) is 0 Å². The standard InChI is InChI=1S/C19H25NO/c1-15(2)13-16-9-11-17(12-10-16)19(20-3)14-21-18-7-5-4-6-8-18/h4-12,15,19-20H,13-14H2,1-3H3. The Morgan fingerprint density at radius 1 is 0.952 bits per heavy atom. The Morgan fingerprint density at radius 2 is 1.62 bits per heavy atom. The predicted molar refractivity (Wildman–Crippen MR) is 88.7 cm³/mol. The third-order valence-corrected chi connectivity index (χ3v) is 3.53. The van der Waals surface area contributed by atoms with Crippen molar-refractivity contribution in [1.82, 2.24) is 5.32 Å². The summed E-state index contributed by atoms with van der Waals surface area (Å²) < 4.78 is 5.85. The van der Waals surface area contributed by atoms with E-state index in [9.17, 15) is 0 Å². The molecule has 0 aliphatic heterocycles. The van der Waals surface area contributed by atoms with E-state index >= 15 is 0 Å². The maximum Gasteiger partial charge on any atom is 0.119 e. The van der Waals surface area contributed by atoms with Gasteiger partial charge in [-0.25, -0.2) is 0 Å². The number of ether oxygens (including phenoxy) is 1. The highest BCUT2D eigenvalue weighted by molar-refractivity contribution is 5.26. The summed E-state index contributed by atoms with van der Waals surface area (Å²) in [6.07, 6.45) is 1.13. The van der Waals surface area contributed by atoms with Crippen molar-refractivity contribution in [1.29, 1.82) is 0 Å². The third kappa shape index (κ3) is 4.91. The molecule has 0 fully saturated rings. The molecule has 2 heteroatoms. The second kappa shape index (κ2) is 7.84. The summed E-state index contributed by atoms with van der Waals surface area (Å²) in [5.74, 6) is 1.60. The van der Waals surface area contributed by atoms with Crippen LogP contribution in [0.3, 0.4) is 0 Å². The lowest BCUT2D eigenvalue weighted by molar-refractivity contribution is 0.273. The summed E-state index contributed by atoms with van der Waals surface area (Å²) in [5, 5.41) is 3.32. The predicted octanol–water partition coefficient (Wildman–Crippen LogP) is 4.22. The number of nitrogens with one attached hydrogen (secondary N) is 1. The van der Waals surface area contributed by atoms with Crippen LogP contribution in [0.15, 0.2) is 54.6 Å². The molecule has 21 heavy (non-hydrogen) atoms. The van der Waals surface area contributed by atoms with E-state index in [0.717, 1.165) is 12.2 Å². The fourth-order valence-corrected chi connectivity index (χ4v) is 2.40. The van der Waals surface area contributed by atoms with Crippen molar-refractivity contribution in [2.45, 2.75) is 26.3 Å². The molecular weight excluding hydrogens is 258 g/mol. The highest BCUT2D eigenvalue weighted by Gasteiger charge is 2.10. The van der Waals surface area contributed by atoms with E-state index in [0.29, 0.717) is 12.5 Å². The molecule has 0 saturated carbocycles. The van der Waals surface area contributed by atoms with Crippen molar-refractivity contribution in [3.63, 3.8) is 0 Å². The van der Waals surface area contributed by atoms with Gasteiger partial charge in [0.15, 0.2) is 0 Å². The highest BCUT2D eigenvalue weighted by atomic mass is 16.5. The number of likely N-dealkylation sites (N-methyl/N-ethyl adjacent to an activating group) is 1. The van der Waals surface area contributed by atoms with E-state index in [-0.39, 0.29) is 6.04 Å². The van der Waals surface area contributed by atoms with Gasteiger partial charge in [-0.3, -0.25) is 0 Å². The molecule has 2 aromatic carbocycles. The second-order valence-electron chi connectivity index (χ2n) is 5.80. The highest BCUT2D eigenvalue weighted by Crippen LogP contribution is 2.18. The zero-order valence-electron chi connectivity index (χ0n) is 13.2. The van der Waals surface area contributed by atoms with Crippen LogP contribution in [0.1, 0.15) is 31.0 Å². The van der Waals surface area contributed by atoms with Crippen molar-refractivity contribution < 1.29 is 4.74 Å². The fourth-order valence-electron chi connectivity index (χ4n) is 2.40. The quantitative estimate of drug-likeness (QED) is 0.821. The van der Waals surface area contributed by atoms with E-state index in [4.69, 9.17) is 4.74 Å². The van der Waals surface area contributed by atoms with Gasteiger partial charge in [-0.15, -0.1) is 0 Å². The van der Waals surface area contributed by atoms with Gasteiger partial charge < -0.3 is 10.1 Å². The first-order valence-electron chi connectivity index (χ1n) is 7.63. The molecule has 0 aromatic heterocycles. The Morgan fingerprint density at radius 3 is 2.19 bits per heavy atom. The Labute approximate surface area is 128 Å². The first-order chi connectivity index (χ1) is 10.2. The summed E-state index contributed by atoms with van der Waals surface area (Å²) in [6.45, 7) is 5.13. The molecule has 0 aliphatic rings. The van der Waals surface area contributed by atoms with E-state index in [1.165, 1.54) is 11.1 Å². The molecule has 2 nitrogen and oxygen atoms in total. The minimum atomic E-state index is 0.207. The van der Waals surface area contributed by atoms with Gasteiger partial charge in [-0.1, -0.05) is 56.3 Å². The van der Waals surface area contributed by atoms with Crippen molar-refractivity contribution in [3.05, 3.63) is 65.7 Å². The van der Waals surface area contributed by atoms with Gasteiger partial charge in [0.1, 0.15) is 12.4 Å². The molecule has 1 unspecified atom stereocenters. The van der Waals surface area contributed by atoms with Gasteiger partial charge in [-0.2, -0.15) is 0 Å². The van der Waals surface area contributed by atoms with Gasteiger partial charge in [0.25, 0.3) is 0 Å². The zero-order valence-corrected chi connectivity index (χ0v) is 13.2. The van der Waals surface area contributed by atoms with Crippen molar-refractivity contribution in [2.24, 2.45) is 5.92 Å². The molecule has 1 N–H and O–H groups in total. The molecule has 2 rings (SSSR count). The average Bonchev–Trinajstić information content (AvgIpc) is 2.50. The summed E-state index contributed by atoms with van der Waals surface area (Å²) in [5.41, 5.74) is 2.66. The fraction of sp³-hybridized carbons (Fsp3) is 0.368. The van der Waals surface area contributed by atoms with Gasteiger partial charge in [0, 0.05) is 0 Å². The lowest BCUT2D eigenvalue weighted by Gasteiger charge is -2.18. The van der Waals surface area contributed by atoms with Crippen LogP contribution in [-0.4, -0.2) is 13.7 Å². The van der Waals surface area contributed by atoms with Gasteiger partial charge >= 0.3 is 0 Å². The largest absolute Gasteiger partial charge is 0.492 e. The zero-order chi connectivity index (χ0) is 15.1. The normalized spacial score (nSPS) is 12.4. The second-order valence-corrected chi connectivity index (χ2v) is 5.80. The molecular formula is C19H25NO. The molecule has 0 radical (unpaired) electrons. The molecule has 1 atom stereocenters. The summed E-state index contributed by atoms with van der Waals surface area (Å²) in [4.78, 5) is 0. The maximum atomic E-state index is 5.85. The van der Waals surface area contributed by atoms with Crippen molar-refractivity contribution >= 4 is 0 Å². The van der Waals surface area contributed by atoms with Crippen LogP contribution < -0.4 is 10.1 Å². The maximum absolute atomic E-state index is 5.85. The summed E-state index contributed by atoms with van der Waals surface area (Å²) in [6, 6.07) is 19.0. The Balaban J connectivity index is 1.97. The van der Waals surface area contributed by atoms with E-state index in [1.54, 1.807) is 0 Å². The van der Waals surface area contributed by atoms with Gasteiger partial charge in [0.05, 0.1) is 6.04 Å². The molecule has 0 saturated heterocycles. The molecule has 0 bridgehead atoms. The minimum Gasteiger partial charge on any atom is -0.492 e. The van der Waals surface area contributed by atoms with Crippen LogP contribution in [0.2, 0.25) is 0 Å². The van der Waals surface area contributed by atoms with Gasteiger partial charge in [-0.05, 0) is 42.6 Å². The van der Waals surface area contributed by atoms with Crippen molar-refractivity contribution in [3.8, 4) is 5.75 Å². The van der Waals surface area contributed by atoms with Gasteiger partial charge in [0.2, 0.25) is 0 Å². The van der Waals surface area contributed by atoms with E-state index < -0.39 is 0 Å². The number of para-hydroxylation sites is 1. The lowest BCUT2D eigenvalue weighted by Crippen LogP contribution is -2.23. The first kappa shape index (κ1) is 15.6. The molecule has 2 aromatic rings. The SMILES string of the molecule is CNC(COc1ccccc1)c1ccc(CC(C)C)cc1. The van der Waals surface area contributed by atoms with Crippen LogP contribution in [0.5, 0.6) is 5.75 Å². The van der Waals surface area contributed by atoms with Crippen LogP contribution >= 0.6 is 0 Å².